The summed E-state index contributed by atoms with van der Waals surface area (Å²) in [4.78, 5) is 16.8. The van der Waals surface area contributed by atoms with E-state index in [4.69, 9.17) is 4.74 Å². The lowest BCUT2D eigenvalue weighted by atomic mass is 9.94. The SMILES string of the molecule is Cn1cc(Nc2cc(-c3ccc4c(c3)CCCC[C@H]4NC(=O)OC(C)(C)C)ccn2)cn1. The normalized spacial score (nSPS) is 16.1. The average molecular weight is 434 g/mol. The highest BCUT2D eigenvalue weighted by atomic mass is 16.6. The first kappa shape index (κ1) is 21.9. The zero-order valence-corrected chi connectivity index (χ0v) is 19.2. The summed E-state index contributed by atoms with van der Waals surface area (Å²) in [7, 11) is 1.88. The molecule has 0 unspecified atom stereocenters. The minimum absolute atomic E-state index is 0.0309. The van der Waals surface area contributed by atoms with Crippen LogP contribution in [0.1, 0.15) is 57.2 Å². The third-order valence-electron chi connectivity index (χ3n) is 5.47. The summed E-state index contributed by atoms with van der Waals surface area (Å²) in [5.74, 6) is 0.773. The average Bonchev–Trinajstić information content (AvgIpc) is 3.02. The summed E-state index contributed by atoms with van der Waals surface area (Å²) in [6, 6.07) is 10.5. The number of carbonyl (C=O) groups excluding carboxylic acids is 1. The molecule has 0 saturated carbocycles. The molecular weight excluding hydrogens is 402 g/mol. The second kappa shape index (κ2) is 9.02. The van der Waals surface area contributed by atoms with Crippen LogP contribution in [-0.4, -0.2) is 26.5 Å². The van der Waals surface area contributed by atoms with Crippen molar-refractivity contribution in [2.24, 2.45) is 7.05 Å². The van der Waals surface area contributed by atoms with Gasteiger partial charge < -0.3 is 15.4 Å². The molecule has 0 saturated heterocycles. The Bertz CT molecular complexity index is 1100. The Hall–Kier alpha value is -3.35. The molecule has 4 rings (SSSR count). The number of nitrogens with zero attached hydrogens (tertiary/aromatic N) is 3. The number of carbonyl (C=O) groups is 1. The first-order valence-corrected chi connectivity index (χ1v) is 11.1. The fourth-order valence-electron chi connectivity index (χ4n) is 4.07. The van der Waals surface area contributed by atoms with Gasteiger partial charge in [-0.15, -0.1) is 0 Å². The topological polar surface area (TPSA) is 81.1 Å². The number of rotatable bonds is 4. The lowest BCUT2D eigenvalue weighted by molar-refractivity contribution is 0.0501. The number of alkyl carbamates (subject to hydrolysis) is 1. The van der Waals surface area contributed by atoms with Crippen LogP contribution in [-0.2, 0) is 18.2 Å². The molecule has 1 aliphatic rings. The van der Waals surface area contributed by atoms with E-state index in [-0.39, 0.29) is 12.1 Å². The maximum absolute atomic E-state index is 12.4. The van der Waals surface area contributed by atoms with E-state index in [0.717, 1.165) is 48.3 Å². The third-order valence-corrected chi connectivity index (χ3v) is 5.47. The second-order valence-corrected chi connectivity index (χ2v) is 9.32. The molecule has 7 nitrogen and oxygen atoms in total. The molecule has 168 valence electrons. The number of hydrogen-bond donors (Lipinski definition) is 2. The van der Waals surface area contributed by atoms with Gasteiger partial charge in [-0.2, -0.15) is 5.10 Å². The van der Waals surface area contributed by atoms with Crippen LogP contribution in [0.3, 0.4) is 0 Å². The van der Waals surface area contributed by atoms with Crippen LogP contribution in [0.15, 0.2) is 48.9 Å². The number of benzene rings is 1. The Morgan fingerprint density at radius 1 is 1.16 bits per heavy atom. The zero-order valence-electron chi connectivity index (χ0n) is 19.2. The lowest BCUT2D eigenvalue weighted by Gasteiger charge is -2.24. The van der Waals surface area contributed by atoms with Crippen molar-refractivity contribution in [3.63, 3.8) is 0 Å². The van der Waals surface area contributed by atoms with Crippen LogP contribution >= 0.6 is 0 Å². The molecule has 0 aliphatic heterocycles. The van der Waals surface area contributed by atoms with Crippen molar-refractivity contribution >= 4 is 17.6 Å². The maximum Gasteiger partial charge on any atom is 0.408 e. The Morgan fingerprint density at radius 3 is 2.72 bits per heavy atom. The molecule has 1 aliphatic carbocycles. The first-order valence-electron chi connectivity index (χ1n) is 11.1. The Morgan fingerprint density at radius 2 is 1.97 bits per heavy atom. The molecule has 0 radical (unpaired) electrons. The number of hydrogen-bond acceptors (Lipinski definition) is 5. The maximum atomic E-state index is 12.4. The number of amides is 1. The fraction of sp³-hybridized carbons (Fsp3) is 0.400. The van der Waals surface area contributed by atoms with E-state index < -0.39 is 5.60 Å². The van der Waals surface area contributed by atoms with E-state index in [1.54, 1.807) is 10.9 Å². The van der Waals surface area contributed by atoms with E-state index in [0.29, 0.717) is 0 Å². The molecule has 2 N–H and O–H groups in total. The van der Waals surface area contributed by atoms with Crippen LogP contribution in [0.4, 0.5) is 16.3 Å². The van der Waals surface area contributed by atoms with Gasteiger partial charge in [0.15, 0.2) is 0 Å². The van der Waals surface area contributed by atoms with Crippen molar-refractivity contribution < 1.29 is 9.53 Å². The summed E-state index contributed by atoms with van der Waals surface area (Å²) >= 11 is 0. The third kappa shape index (κ3) is 5.46. The number of pyridine rings is 1. The van der Waals surface area contributed by atoms with Gasteiger partial charge in [0.1, 0.15) is 11.4 Å². The van der Waals surface area contributed by atoms with Gasteiger partial charge in [0.25, 0.3) is 0 Å². The molecule has 0 fully saturated rings. The van der Waals surface area contributed by atoms with Crippen LogP contribution in [0, 0.1) is 0 Å². The first-order chi connectivity index (χ1) is 15.3. The summed E-state index contributed by atoms with van der Waals surface area (Å²) in [6.07, 6.45) is 9.23. The van der Waals surface area contributed by atoms with Crippen molar-refractivity contribution in [3.8, 4) is 11.1 Å². The van der Waals surface area contributed by atoms with Crippen molar-refractivity contribution in [2.45, 2.75) is 58.1 Å². The van der Waals surface area contributed by atoms with Gasteiger partial charge in [-0.3, -0.25) is 4.68 Å². The molecule has 0 bridgehead atoms. The molecule has 3 aromatic rings. The van der Waals surface area contributed by atoms with E-state index in [1.807, 2.05) is 52.3 Å². The van der Waals surface area contributed by atoms with Gasteiger partial charge in [0.2, 0.25) is 0 Å². The highest BCUT2D eigenvalue weighted by Crippen LogP contribution is 2.33. The van der Waals surface area contributed by atoms with Crippen LogP contribution < -0.4 is 10.6 Å². The zero-order chi connectivity index (χ0) is 22.7. The Balaban J connectivity index is 1.56. The minimum Gasteiger partial charge on any atom is -0.444 e. The van der Waals surface area contributed by atoms with Crippen molar-refractivity contribution in [1.82, 2.24) is 20.1 Å². The number of ether oxygens (including phenoxy) is 1. The largest absolute Gasteiger partial charge is 0.444 e. The molecule has 0 spiro atoms. The predicted molar refractivity (Wildman–Crippen MR) is 126 cm³/mol. The highest BCUT2D eigenvalue weighted by Gasteiger charge is 2.24. The summed E-state index contributed by atoms with van der Waals surface area (Å²) in [5, 5.41) is 10.6. The van der Waals surface area contributed by atoms with E-state index in [9.17, 15) is 4.79 Å². The quantitative estimate of drug-likeness (QED) is 0.530. The molecule has 1 amide bonds. The smallest absolute Gasteiger partial charge is 0.408 e. The summed E-state index contributed by atoms with van der Waals surface area (Å²) < 4.78 is 7.23. The predicted octanol–water partition coefficient (Wildman–Crippen LogP) is 5.52. The molecule has 1 atom stereocenters. The Kier molecular flexibility index (Phi) is 6.17. The van der Waals surface area contributed by atoms with E-state index in [2.05, 4.69) is 38.9 Å². The molecule has 2 heterocycles. The summed E-state index contributed by atoms with van der Waals surface area (Å²) in [5.41, 5.74) is 5.08. The van der Waals surface area contributed by atoms with Gasteiger partial charge in [-0.05, 0) is 74.4 Å². The molecule has 2 aromatic heterocycles. The Labute approximate surface area is 189 Å². The number of fused-ring (bicyclic) bond motifs is 1. The van der Waals surface area contributed by atoms with Crippen LogP contribution in [0.5, 0.6) is 0 Å². The number of nitrogens with one attached hydrogen (secondary N) is 2. The van der Waals surface area contributed by atoms with Crippen molar-refractivity contribution in [1.29, 1.82) is 0 Å². The second-order valence-electron chi connectivity index (χ2n) is 9.32. The van der Waals surface area contributed by atoms with Gasteiger partial charge >= 0.3 is 6.09 Å². The molecule has 7 heteroatoms. The van der Waals surface area contributed by atoms with Crippen LogP contribution in [0.2, 0.25) is 0 Å². The monoisotopic (exact) mass is 433 g/mol. The molecule has 32 heavy (non-hydrogen) atoms. The number of aryl methyl sites for hydroxylation is 2. The molecule has 1 aromatic carbocycles. The standard InChI is InChI=1S/C25H31N5O2/c1-25(2,3)32-24(31)29-22-8-6-5-7-19-13-17(9-10-21(19)22)18-11-12-26-23(14-18)28-20-15-27-30(4)16-20/h9-16,22H,5-8H2,1-4H3,(H,26,28)(H,29,31)/t22-/m1/s1. The number of anilines is 2. The van der Waals surface area contributed by atoms with E-state index >= 15 is 0 Å². The highest BCUT2D eigenvalue weighted by molar-refractivity contribution is 5.71. The van der Waals surface area contributed by atoms with Gasteiger partial charge in [-0.25, -0.2) is 9.78 Å². The van der Waals surface area contributed by atoms with E-state index in [1.165, 1.54) is 11.1 Å². The van der Waals surface area contributed by atoms with Crippen molar-refractivity contribution in [3.05, 3.63) is 60.0 Å². The van der Waals surface area contributed by atoms with Crippen LogP contribution in [0.25, 0.3) is 11.1 Å². The minimum atomic E-state index is -0.510. The van der Waals surface area contributed by atoms with Gasteiger partial charge in [0.05, 0.1) is 17.9 Å². The lowest BCUT2D eigenvalue weighted by Crippen LogP contribution is -2.35. The molecular formula is C25H31N5O2. The summed E-state index contributed by atoms with van der Waals surface area (Å²) in [6.45, 7) is 5.64. The number of aromatic nitrogens is 3. The van der Waals surface area contributed by atoms with Crippen molar-refractivity contribution in [2.75, 3.05) is 5.32 Å². The van der Waals surface area contributed by atoms with Gasteiger partial charge in [0, 0.05) is 19.4 Å². The van der Waals surface area contributed by atoms with Gasteiger partial charge in [-0.1, -0.05) is 24.6 Å². The fourth-order valence-corrected chi connectivity index (χ4v) is 4.07.